The van der Waals surface area contributed by atoms with Gasteiger partial charge in [0, 0.05) is 6.61 Å². The summed E-state index contributed by atoms with van der Waals surface area (Å²) in [5, 5.41) is 0. The topological polar surface area (TPSA) is 35.5 Å². The molecule has 0 rings (SSSR count). The maximum atomic E-state index is 12.5. The van der Waals surface area contributed by atoms with Gasteiger partial charge in [0.15, 0.2) is 0 Å². The summed E-state index contributed by atoms with van der Waals surface area (Å²) >= 11 is 0. The zero-order chi connectivity index (χ0) is 14.0. The highest BCUT2D eigenvalue weighted by molar-refractivity contribution is 5.75. The van der Waals surface area contributed by atoms with E-state index >= 15 is 0 Å². The number of hydrogen-bond acceptors (Lipinski definition) is 3. The summed E-state index contributed by atoms with van der Waals surface area (Å²) in [5.74, 6) is -1.36. The first-order valence-electron chi connectivity index (χ1n) is 6.28. The van der Waals surface area contributed by atoms with Gasteiger partial charge in [-0.1, -0.05) is 32.6 Å². The quantitative estimate of drug-likeness (QED) is 0.475. The minimum Gasteiger partial charge on any atom is -0.464 e. The third-order valence-corrected chi connectivity index (χ3v) is 2.33. The minimum absolute atomic E-state index is 0.0767. The lowest BCUT2D eigenvalue weighted by Crippen LogP contribution is -2.40. The summed E-state index contributed by atoms with van der Waals surface area (Å²) in [6.07, 6.45) is -2.75. The molecule has 0 aliphatic rings. The van der Waals surface area contributed by atoms with Crippen molar-refractivity contribution in [1.29, 1.82) is 0 Å². The van der Waals surface area contributed by atoms with E-state index < -0.39 is 18.2 Å². The molecule has 6 heteroatoms. The molecule has 108 valence electrons. The molecule has 0 N–H and O–H groups in total. The number of alkyl halides is 3. The third-order valence-electron chi connectivity index (χ3n) is 2.33. The van der Waals surface area contributed by atoms with Crippen molar-refractivity contribution in [2.75, 3.05) is 13.2 Å². The molecule has 0 bridgehead atoms. The molecule has 0 radical (unpaired) electrons. The molecule has 0 aliphatic carbocycles. The Kier molecular flexibility index (Phi) is 8.79. The molecular weight excluding hydrogens is 249 g/mol. The number of halogens is 3. The Morgan fingerprint density at radius 3 is 2.22 bits per heavy atom. The van der Waals surface area contributed by atoms with Crippen LogP contribution in [-0.4, -0.2) is 31.5 Å². The summed E-state index contributed by atoms with van der Waals surface area (Å²) in [6, 6.07) is 0. The molecule has 0 aliphatic heterocycles. The molecule has 3 nitrogen and oxygen atoms in total. The van der Waals surface area contributed by atoms with Crippen LogP contribution in [0.1, 0.15) is 46.0 Å². The van der Waals surface area contributed by atoms with Crippen LogP contribution in [0.4, 0.5) is 13.2 Å². The number of carbonyl (C=O) groups is 1. The van der Waals surface area contributed by atoms with Crippen molar-refractivity contribution in [1.82, 2.24) is 0 Å². The van der Waals surface area contributed by atoms with Crippen LogP contribution in [0.25, 0.3) is 0 Å². The Hall–Kier alpha value is -0.780. The summed E-state index contributed by atoms with van der Waals surface area (Å²) in [4.78, 5) is 11.1. The number of ether oxygens (including phenoxy) is 2. The van der Waals surface area contributed by atoms with E-state index in [1.807, 2.05) is 0 Å². The van der Waals surface area contributed by atoms with E-state index in [9.17, 15) is 18.0 Å². The zero-order valence-electron chi connectivity index (χ0n) is 10.9. The van der Waals surface area contributed by atoms with Gasteiger partial charge in [-0.3, -0.25) is 0 Å². The average molecular weight is 270 g/mol. The van der Waals surface area contributed by atoms with Gasteiger partial charge >= 0.3 is 12.1 Å². The van der Waals surface area contributed by atoms with Gasteiger partial charge in [-0.2, -0.15) is 13.2 Å². The van der Waals surface area contributed by atoms with Crippen LogP contribution in [-0.2, 0) is 14.3 Å². The molecule has 1 unspecified atom stereocenters. The predicted molar refractivity (Wildman–Crippen MR) is 61.2 cm³/mol. The van der Waals surface area contributed by atoms with Crippen molar-refractivity contribution in [3.05, 3.63) is 0 Å². The zero-order valence-corrected chi connectivity index (χ0v) is 10.9. The van der Waals surface area contributed by atoms with Crippen molar-refractivity contribution in [3.63, 3.8) is 0 Å². The molecule has 18 heavy (non-hydrogen) atoms. The third kappa shape index (κ3) is 7.53. The molecule has 0 aromatic rings. The van der Waals surface area contributed by atoms with Gasteiger partial charge in [0.1, 0.15) is 0 Å². The van der Waals surface area contributed by atoms with Crippen LogP contribution >= 0.6 is 0 Å². The second-order valence-corrected chi connectivity index (χ2v) is 3.96. The molecule has 0 heterocycles. The first kappa shape index (κ1) is 17.2. The summed E-state index contributed by atoms with van der Waals surface area (Å²) in [6.45, 7) is 3.34. The van der Waals surface area contributed by atoms with Crippen LogP contribution in [0, 0.1) is 0 Å². The van der Waals surface area contributed by atoms with E-state index in [0.29, 0.717) is 6.42 Å². The Morgan fingerprint density at radius 1 is 1.11 bits per heavy atom. The van der Waals surface area contributed by atoms with Crippen LogP contribution < -0.4 is 0 Å². The Bertz CT molecular complexity index is 229. The fraction of sp³-hybridized carbons (Fsp3) is 0.917. The summed E-state index contributed by atoms with van der Waals surface area (Å²) < 4.78 is 46.4. The molecule has 0 spiro atoms. The van der Waals surface area contributed by atoms with Crippen LogP contribution in [0.3, 0.4) is 0 Å². The monoisotopic (exact) mass is 270 g/mol. The number of hydrogen-bond donors (Lipinski definition) is 0. The van der Waals surface area contributed by atoms with Crippen molar-refractivity contribution >= 4 is 5.97 Å². The minimum atomic E-state index is -4.71. The standard InChI is InChI=1S/C12H21F3O3/c1-3-5-6-7-8-9-18-10(12(13,14)15)11(16)17-4-2/h10H,3-9H2,1-2H3. The van der Waals surface area contributed by atoms with E-state index in [2.05, 4.69) is 16.4 Å². The van der Waals surface area contributed by atoms with Crippen LogP contribution in [0.2, 0.25) is 0 Å². The van der Waals surface area contributed by atoms with Crippen molar-refractivity contribution in [2.24, 2.45) is 0 Å². The van der Waals surface area contributed by atoms with Gasteiger partial charge in [-0.25, -0.2) is 4.79 Å². The van der Waals surface area contributed by atoms with Crippen molar-refractivity contribution in [3.8, 4) is 0 Å². The highest BCUT2D eigenvalue weighted by Crippen LogP contribution is 2.24. The molecular formula is C12H21F3O3. The first-order chi connectivity index (χ1) is 8.43. The molecule has 0 amide bonds. The van der Waals surface area contributed by atoms with E-state index in [1.54, 1.807) is 0 Å². The number of rotatable bonds is 9. The van der Waals surface area contributed by atoms with Gasteiger partial charge in [0.05, 0.1) is 6.61 Å². The maximum absolute atomic E-state index is 12.5. The summed E-state index contributed by atoms with van der Waals surface area (Å²) in [5.41, 5.74) is 0. The first-order valence-corrected chi connectivity index (χ1v) is 6.28. The molecule has 0 aromatic heterocycles. The second kappa shape index (κ2) is 9.19. The Balaban J connectivity index is 3.99. The Morgan fingerprint density at radius 2 is 1.72 bits per heavy atom. The smallest absolute Gasteiger partial charge is 0.425 e. The van der Waals surface area contributed by atoms with E-state index in [-0.39, 0.29) is 13.2 Å². The molecule has 1 atom stereocenters. The largest absolute Gasteiger partial charge is 0.464 e. The van der Waals surface area contributed by atoms with Crippen LogP contribution in [0.15, 0.2) is 0 Å². The van der Waals surface area contributed by atoms with Crippen molar-refractivity contribution in [2.45, 2.75) is 58.2 Å². The fourth-order valence-corrected chi connectivity index (χ4v) is 1.42. The highest BCUT2D eigenvalue weighted by Gasteiger charge is 2.47. The number of unbranched alkanes of at least 4 members (excludes halogenated alkanes) is 4. The lowest BCUT2D eigenvalue weighted by molar-refractivity contribution is -0.230. The normalized spacial score (nSPS) is 13.4. The lowest BCUT2D eigenvalue weighted by atomic mass is 10.2. The average Bonchev–Trinajstić information content (AvgIpc) is 2.26. The van der Waals surface area contributed by atoms with E-state index in [0.717, 1.165) is 25.7 Å². The van der Waals surface area contributed by atoms with E-state index in [1.165, 1.54) is 6.92 Å². The molecule has 0 fully saturated rings. The van der Waals surface area contributed by atoms with Crippen molar-refractivity contribution < 1.29 is 27.4 Å². The molecule has 0 saturated heterocycles. The maximum Gasteiger partial charge on any atom is 0.425 e. The van der Waals surface area contributed by atoms with Gasteiger partial charge in [-0.05, 0) is 13.3 Å². The summed E-state index contributed by atoms with van der Waals surface area (Å²) in [7, 11) is 0. The second-order valence-electron chi connectivity index (χ2n) is 3.96. The molecule has 0 aromatic carbocycles. The van der Waals surface area contributed by atoms with Gasteiger partial charge in [0.2, 0.25) is 0 Å². The van der Waals surface area contributed by atoms with Gasteiger partial charge in [0.25, 0.3) is 6.10 Å². The Labute approximate surface area is 106 Å². The van der Waals surface area contributed by atoms with Gasteiger partial charge < -0.3 is 9.47 Å². The van der Waals surface area contributed by atoms with Crippen LogP contribution in [0.5, 0.6) is 0 Å². The number of carbonyl (C=O) groups excluding carboxylic acids is 1. The molecule has 0 saturated carbocycles. The SMILES string of the molecule is CCCCCCCOC(C(=O)OCC)C(F)(F)F. The highest BCUT2D eigenvalue weighted by atomic mass is 19.4. The van der Waals surface area contributed by atoms with Gasteiger partial charge in [-0.15, -0.1) is 0 Å². The predicted octanol–water partition coefficient (Wildman–Crippen LogP) is 3.47. The lowest BCUT2D eigenvalue weighted by Gasteiger charge is -2.19. The fourth-order valence-electron chi connectivity index (χ4n) is 1.42. The van der Waals surface area contributed by atoms with E-state index in [4.69, 9.17) is 0 Å². The number of esters is 1.